The number of hydrogen-bond donors (Lipinski definition) is 2. The normalized spacial score (nSPS) is 20.4. The van der Waals surface area contributed by atoms with E-state index in [4.69, 9.17) is 5.73 Å². The summed E-state index contributed by atoms with van der Waals surface area (Å²) in [5, 5.41) is 2.83. The second kappa shape index (κ2) is 6.66. The Labute approximate surface area is 97.9 Å². The van der Waals surface area contributed by atoms with Gasteiger partial charge in [0.25, 0.3) is 0 Å². The lowest BCUT2D eigenvalue weighted by Gasteiger charge is -2.34. The molecule has 1 rings (SSSR count). The number of nitrogens with one attached hydrogen (secondary N) is 1. The molecule has 0 saturated carbocycles. The van der Waals surface area contributed by atoms with Crippen molar-refractivity contribution in [3.63, 3.8) is 0 Å². The molecule has 0 aromatic heterocycles. The Morgan fingerprint density at radius 2 is 2.25 bits per heavy atom. The number of piperidine rings is 1. The minimum absolute atomic E-state index is 0.0429. The first-order valence-corrected chi connectivity index (χ1v) is 6.01. The summed E-state index contributed by atoms with van der Waals surface area (Å²) in [4.78, 5) is 14.0. The van der Waals surface area contributed by atoms with Crippen LogP contribution < -0.4 is 11.1 Å². The molecule has 1 saturated heterocycles. The van der Waals surface area contributed by atoms with Gasteiger partial charge in [-0.1, -0.05) is 6.08 Å². The van der Waals surface area contributed by atoms with Crippen LogP contribution in [0.15, 0.2) is 12.7 Å². The van der Waals surface area contributed by atoms with Crippen molar-refractivity contribution in [3.05, 3.63) is 12.7 Å². The van der Waals surface area contributed by atoms with Gasteiger partial charge in [-0.3, -0.25) is 9.69 Å². The average molecular weight is 225 g/mol. The van der Waals surface area contributed by atoms with E-state index in [0.717, 1.165) is 32.5 Å². The molecule has 4 nitrogen and oxygen atoms in total. The topological polar surface area (TPSA) is 58.4 Å². The molecule has 4 heteroatoms. The zero-order valence-corrected chi connectivity index (χ0v) is 10.1. The summed E-state index contributed by atoms with van der Waals surface area (Å²) in [6.07, 6.45) is 3.91. The fourth-order valence-corrected chi connectivity index (χ4v) is 2.06. The van der Waals surface area contributed by atoms with Crippen molar-refractivity contribution in [1.29, 1.82) is 0 Å². The molecule has 0 aliphatic carbocycles. The lowest BCUT2D eigenvalue weighted by atomic mass is 9.96. The van der Waals surface area contributed by atoms with Gasteiger partial charge in [0.05, 0.1) is 6.04 Å². The number of likely N-dealkylation sites (tertiary alicyclic amines) is 1. The van der Waals surface area contributed by atoms with Crippen molar-refractivity contribution in [2.24, 2.45) is 11.7 Å². The molecule has 1 atom stereocenters. The van der Waals surface area contributed by atoms with Gasteiger partial charge in [0.15, 0.2) is 0 Å². The Hall–Kier alpha value is -0.870. The molecule has 0 spiro atoms. The van der Waals surface area contributed by atoms with Crippen molar-refractivity contribution in [3.8, 4) is 0 Å². The van der Waals surface area contributed by atoms with E-state index in [2.05, 4.69) is 16.8 Å². The molecule has 0 aromatic rings. The van der Waals surface area contributed by atoms with E-state index in [-0.39, 0.29) is 11.9 Å². The molecular formula is C12H23N3O. The molecule has 16 heavy (non-hydrogen) atoms. The largest absolute Gasteiger partial charge is 0.351 e. The summed E-state index contributed by atoms with van der Waals surface area (Å²) in [5.74, 6) is 0.728. The van der Waals surface area contributed by atoms with Gasteiger partial charge < -0.3 is 11.1 Å². The standard InChI is InChI=1S/C12H23N3O/c1-3-6-14-12(16)10(2)15-7-4-11(9-13)5-8-15/h3,10-11H,1,4-9,13H2,2H3,(H,14,16). The number of carbonyl (C=O) groups excluding carboxylic acids is 1. The minimum Gasteiger partial charge on any atom is -0.351 e. The van der Waals surface area contributed by atoms with Crippen molar-refractivity contribution >= 4 is 5.91 Å². The highest BCUT2D eigenvalue weighted by atomic mass is 16.2. The van der Waals surface area contributed by atoms with Gasteiger partial charge in [-0.15, -0.1) is 6.58 Å². The number of nitrogens with zero attached hydrogens (tertiary/aromatic N) is 1. The Bertz CT molecular complexity index is 234. The van der Waals surface area contributed by atoms with Gasteiger partial charge in [0.1, 0.15) is 0 Å². The Morgan fingerprint density at radius 1 is 1.62 bits per heavy atom. The van der Waals surface area contributed by atoms with Gasteiger partial charge in [0, 0.05) is 6.54 Å². The van der Waals surface area contributed by atoms with E-state index in [1.54, 1.807) is 6.08 Å². The number of nitrogens with two attached hydrogens (primary N) is 1. The molecule has 0 bridgehead atoms. The zero-order chi connectivity index (χ0) is 12.0. The van der Waals surface area contributed by atoms with Crippen LogP contribution in [0, 0.1) is 5.92 Å². The van der Waals surface area contributed by atoms with Gasteiger partial charge in [-0.05, 0) is 45.3 Å². The first kappa shape index (κ1) is 13.2. The first-order chi connectivity index (χ1) is 7.69. The van der Waals surface area contributed by atoms with Crippen LogP contribution >= 0.6 is 0 Å². The van der Waals surface area contributed by atoms with E-state index < -0.39 is 0 Å². The zero-order valence-electron chi connectivity index (χ0n) is 10.1. The van der Waals surface area contributed by atoms with E-state index in [1.165, 1.54) is 0 Å². The summed E-state index contributed by atoms with van der Waals surface area (Å²) in [5.41, 5.74) is 5.64. The molecule has 1 heterocycles. The molecule has 1 fully saturated rings. The van der Waals surface area contributed by atoms with Gasteiger partial charge in [-0.25, -0.2) is 0 Å². The molecular weight excluding hydrogens is 202 g/mol. The Kier molecular flexibility index (Phi) is 5.49. The molecule has 3 N–H and O–H groups in total. The second-order valence-electron chi connectivity index (χ2n) is 4.42. The van der Waals surface area contributed by atoms with E-state index in [9.17, 15) is 4.79 Å². The van der Waals surface area contributed by atoms with Crippen LogP contribution in [0.3, 0.4) is 0 Å². The third-order valence-corrected chi connectivity index (χ3v) is 3.33. The molecule has 1 unspecified atom stereocenters. The summed E-state index contributed by atoms with van der Waals surface area (Å²) < 4.78 is 0. The van der Waals surface area contributed by atoms with Crippen LogP contribution in [-0.2, 0) is 4.79 Å². The maximum atomic E-state index is 11.7. The van der Waals surface area contributed by atoms with Crippen molar-refractivity contribution in [2.45, 2.75) is 25.8 Å². The number of hydrogen-bond acceptors (Lipinski definition) is 3. The molecule has 1 amide bonds. The van der Waals surface area contributed by atoms with Crippen molar-refractivity contribution < 1.29 is 4.79 Å². The molecule has 1 aliphatic heterocycles. The van der Waals surface area contributed by atoms with Gasteiger partial charge in [0.2, 0.25) is 5.91 Å². The molecule has 1 aliphatic rings. The lowest BCUT2D eigenvalue weighted by molar-refractivity contribution is -0.126. The number of rotatable bonds is 5. The average Bonchev–Trinajstić information content (AvgIpc) is 2.35. The third kappa shape index (κ3) is 3.61. The van der Waals surface area contributed by atoms with Crippen LogP contribution in [0.2, 0.25) is 0 Å². The smallest absolute Gasteiger partial charge is 0.237 e. The summed E-state index contributed by atoms with van der Waals surface area (Å²) in [6, 6.07) is -0.0429. The lowest BCUT2D eigenvalue weighted by Crippen LogP contribution is -2.48. The maximum Gasteiger partial charge on any atom is 0.237 e. The van der Waals surface area contributed by atoms with Crippen LogP contribution in [-0.4, -0.2) is 43.0 Å². The van der Waals surface area contributed by atoms with Crippen molar-refractivity contribution in [1.82, 2.24) is 10.2 Å². The molecule has 92 valence electrons. The first-order valence-electron chi connectivity index (χ1n) is 6.01. The van der Waals surface area contributed by atoms with E-state index in [1.807, 2.05) is 6.92 Å². The third-order valence-electron chi connectivity index (χ3n) is 3.33. The Balaban J connectivity index is 2.34. The SMILES string of the molecule is C=CCNC(=O)C(C)N1CCC(CN)CC1. The second-order valence-corrected chi connectivity index (χ2v) is 4.42. The fraction of sp³-hybridized carbons (Fsp3) is 0.750. The highest BCUT2D eigenvalue weighted by Crippen LogP contribution is 2.17. The predicted molar refractivity (Wildman–Crippen MR) is 66.0 cm³/mol. The minimum atomic E-state index is -0.0429. The maximum absolute atomic E-state index is 11.7. The molecule has 0 aromatic carbocycles. The number of carbonyl (C=O) groups is 1. The molecule has 0 radical (unpaired) electrons. The fourth-order valence-electron chi connectivity index (χ4n) is 2.06. The van der Waals surface area contributed by atoms with E-state index >= 15 is 0 Å². The quantitative estimate of drug-likeness (QED) is 0.664. The van der Waals surface area contributed by atoms with Crippen LogP contribution in [0.1, 0.15) is 19.8 Å². The highest BCUT2D eigenvalue weighted by Gasteiger charge is 2.25. The number of amides is 1. The van der Waals surface area contributed by atoms with E-state index in [0.29, 0.717) is 12.5 Å². The van der Waals surface area contributed by atoms with Crippen LogP contribution in [0.25, 0.3) is 0 Å². The summed E-state index contributed by atoms with van der Waals surface area (Å²) in [7, 11) is 0. The Morgan fingerprint density at radius 3 is 2.75 bits per heavy atom. The summed E-state index contributed by atoms with van der Waals surface area (Å²) >= 11 is 0. The predicted octanol–water partition coefficient (Wildman–Crippen LogP) is 0.348. The van der Waals surface area contributed by atoms with Crippen LogP contribution in [0.4, 0.5) is 0 Å². The van der Waals surface area contributed by atoms with Crippen LogP contribution in [0.5, 0.6) is 0 Å². The highest BCUT2D eigenvalue weighted by molar-refractivity contribution is 5.81. The summed E-state index contributed by atoms with van der Waals surface area (Å²) in [6.45, 7) is 8.81. The van der Waals surface area contributed by atoms with Gasteiger partial charge in [-0.2, -0.15) is 0 Å². The monoisotopic (exact) mass is 225 g/mol. The van der Waals surface area contributed by atoms with Gasteiger partial charge >= 0.3 is 0 Å². The van der Waals surface area contributed by atoms with Crippen molar-refractivity contribution in [2.75, 3.05) is 26.2 Å².